The first-order chi connectivity index (χ1) is 15.6. The van der Waals surface area contributed by atoms with Gasteiger partial charge in [-0.05, 0) is 37.0 Å². The van der Waals surface area contributed by atoms with Crippen LogP contribution in [0.25, 0.3) is 6.08 Å². The van der Waals surface area contributed by atoms with Crippen molar-refractivity contribution in [1.29, 1.82) is 0 Å². The van der Waals surface area contributed by atoms with E-state index in [1.165, 1.54) is 0 Å². The molecule has 2 aromatic rings. The predicted octanol–water partition coefficient (Wildman–Crippen LogP) is 3.10. The molecule has 6 heteroatoms. The maximum atomic E-state index is 12.6. The normalized spacial score (nSPS) is 14.3. The van der Waals surface area contributed by atoms with Crippen LogP contribution in [0.4, 0.5) is 0 Å². The predicted molar refractivity (Wildman–Crippen MR) is 125 cm³/mol. The number of benzene rings is 2. The molecule has 0 unspecified atom stereocenters. The summed E-state index contributed by atoms with van der Waals surface area (Å²) in [6.45, 7) is 4.13. The van der Waals surface area contributed by atoms with Gasteiger partial charge in [0.25, 0.3) is 0 Å². The number of nitrogens with zero attached hydrogens (tertiary/aromatic N) is 2. The van der Waals surface area contributed by atoms with Gasteiger partial charge in [-0.1, -0.05) is 60.7 Å². The molecule has 1 heterocycles. The number of likely N-dealkylation sites (tertiary alicyclic amines) is 1. The highest BCUT2D eigenvalue weighted by Gasteiger charge is 2.27. The molecule has 6 nitrogen and oxygen atoms in total. The first kappa shape index (κ1) is 23.3. The van der Waals surface area contributed by atoms with Gasteiger partial charge in [-0.2, -0.15) is 0 Å². The van der Waals surface area contributed by atoms with Crippen LogP contribution < -0.4 is 5.32 Å². The Morgan fingerprint density at radius 3 is 2.25 bits per heavy atom. The van der Waals surface area contributed by atoms with Gasteiger partial charge in [-0.15, -0.1) is 0 Å². The van der Waals surface area contributed by atoms with Crippen LogP contribution in [0.2, 0.25) is 0 Å². The van der Waals surface area contributed by atoms with Crippen LogP contribution in [0.1, 0.15) is 30.9 Å². The lowest BCUT2D eigenvalue weighted by atomic mass is 9.96. The van der Waals surface area contributed by atoms with Crippen LogP contribution in [0, 0.1) is 5.92 Å². The Morgan fingerprint density at radius 2 is 1.62 bits per heavy atom. The second-order valence-electron chi connectivity index (χ2n) is 7.95. The zero-order chi connectivity index (χ0) is 22.8. The number of rotatable bonds is 8. The van der Waals surface area contributed by atoms with Crippen molar-refractivity contribution in [3.8, 4) is 0 Å². The van der Waals surface area contributed by atoms with E-state index in [0.717, 1.165) is 11.1 Å². The van der Waals surface area contributed by atoms with E-state index in [0.29, 0.717) is 39.0 Å². The lowest BCUT2D eigenvalue weighted by Crippen LogP contribution is -2.45. The molecule has 1 aliphatic rings. The summed E-state index contributed by atoms with van der Waals surface area (Å²) in [6.07, 6.45) is 4.60. The van der Waals surface area contributed by atoms with E-state index < -0.39 is 0 Å². The van der Waals surface area contributed by atoms with Crippen LogP contribution in [0.3, 0.4) is 0 Å². The van der Waals surface area contributed by atoms with Crippen molar-refractivity contribution in [2.24, 2.45) is 5.92 Å². The standard InChI is InChI=1S/C26H31N3O3/c1-2-28(20-22-11-7-4-8-12-22)25(31)19-27-26(32)23-15-17-29(18-16-23)24(30)14-13-21-9-5-3-6-10-21/h3-14,23H,2,15-20H2,1H3,(H,27,32)/b14-13+. The van der Waals surface area contributed by atoms with Crippen molar-refractivity contribution >= 4 is 23.8 Å². The highest BCUT2D eigenvalue weighted by Crippen LogP contribution is 2.18. The average Bonchev–Trinajstić information content (AvgIpc) is 2.85. The smallest absolute Gasteiger partial charge is 0.246 e. The first-order valence-corrected chi connectivity index (χ1v) is 11.2. The van der Waals surface area contributed by atoms with E-state index in [4.69, 9.17) is 0 Å². The summed E-state index contributed by atoms with van der Waals surface area (Å²) >= 11 is 0. The molecule has 1 N–H and O–H groups in total. The Morgan fingerprint density at radius 1 is 1.00 bits per heavy atom. The molecular weight excluding hydrogens is 402 g/mol. The van der Waals surface area contributed by atoms with Gasteiger partial charge in [0.1, 0.15) is 0 Å². The molecule has 2 aromatic carbocycles. The average molecular weight is 434 g/mol. The topological polar surface area (TPSA) is 69.7 Å². The van der Waals surface area contributed by atoms with Gasteiger partial charge in [-0.3, -0.25) is 14.4 Å². The van der Waals surface area contributed by atoms with Gasteiger partial charge in [0.05, 0.1) is 6.54 Å². The van der Waals surface area contributed by atoms with E-state index in [2.05, 4.69) is 5.32 Å². The van der Waals surface area contributed by atoms with E-state index in [-0.39, 0.29) is 30.2 Å². The lowest BCUT2D eigenvalue weighted by molar-refractivity contribution is -0.135. The summed E-state index contributed by atoms with van der Waals surface area (Å²) in [5.41, 5.74) is 2.04. The number of amides is 3. The number of carbonyl (C=O) groups is 3. The van der Waals surface area contributed by atoms with Gasteiger partial charge in [-0.25, -0.2) is 0 Å². The number of piperidine rings is 1. The molecule has 32 heavy (non-hydrogen) atoms. The van der Waals surface area contributed by atoms with Crippen LogP contribution in [-0.4, -0.2) is 53.7 Å². The fraction of sp³-hybridized carbons (Fsp3) is 0.346. The van der Waals surface area contributed by atoms with Crippen LogP contribution in [-0.2, 0) is 20.9 Å². The van der Waals surface area contributed by atoms with Crippen molar-refractivity contribution < 1.29 is 14.4 Å². The third-order valence-corrected chi connectivity index (χ3v) is 5.76. The third-order valence-electron chi connectivity index (χ3n) is 5.76. The molecule has 0 spiro atoms. The largest absolute Gasteiger partial charge is 0.347 e. The maximum absolute atomic E-state index is 12.6. The summed E-state index contributed by atoms with van der Waals surface area (Å²) in [6, 6.07) is 19.5. The van der Waals surface area contributed by atoms with Crippen molar-refractivity contribution in [3.05, 3.63) is 77.9 Å². The zero-order valence-corrected chi connectivity index (χ0v) is 18.6. The van der Waals surface area contributed by atoms with Gasteiger partial charge >= 0.3 is 0 Å². The number of carbonyl (C=O) groups excluding carboxylic acids is 3. The van der Waals surface area contributed by atoms with E-state index in [9.17, 15) is 14.4 Å². The van der Waals surface area contributed by atoms with Crippen LogP contribution in [0.5, 0.6) is 0 Å². The molecule has 3 rings (SSSR count). The SMILES string of the molecule is CCN(Cc1ccccc1)C(=O)CNC(=O)C1CCN(C(=O)/C=C/c2ccccc2)CC1. The molecule has 0 bridgehead atoms. The maximum Gasteiger partial charge on any atom is 0.246 e. The van der Waals surface area contributed by atoms with Crippen LogP contribution in [0.15, 0.2) is 66.7 Å². The van der Waals surface area contributed by atoms with Crippen molar-refractivity contribution in [3.63, 3.8) is 0 Å². The van der Waals surface area contributed by atoms with Crippen molar-refractivity contribution in [2.45, 2.75) is 26.3 Å². The second kappa shape index (κ2) is 11.8. The van der Waals surface area contributed by atoms with E-state index >= 15 is 0 Å². The molecule has 1 saturated heterocycles. The first-order valence-electron chi connectivity index (χ1n) is 11.2. The minimum absolute atomic E-state index is 0.00152. The highest BCUT2D eigenvalue weighted by atomic mass is 16.2. The Hall–Kier alpha value is -3.41. The minimum atomic E-state index is -0.172. The Kier molecular flexibility index (Phi) is 8.61. The third kappa shape index (κ3) is 6.80. The quantitative estimate of drug-likeness (QED) is 0.651. The number of likely N-dealkylation sites (N-methyl/N-ethyl adjacent to an activating group) is 1. The van der Waals surface area contributed by atoms with E-state index in [1.54, 1.807) is 15.9 Å². The van der Waals surface area contributed by atoms with Crippen LogP contribution >= 0.6 is 0 Å². The molecule has 0 saturated carbocycles. The van der Waals surface area contributed by atoms with Gasteiger partial charge in [0.15, 0.2) is 0 Å². The molecule has 1 aliphatic heterocycles. The summed E-state index contributed by atoms with van der Waals surface area (Å²) in [5, 5.41) is 2.80. The molecular formula is C26H31N3O3. The highest BCUT2D eigenvalue weighted by molar-refractivity contribution is 5.92. The minimum Gasteiger partial charge on any atom is -0.347 e. The Balaban J connectivity index is 1.41. The molecule has 0 radical (unpaired) electrons. The second-order valence-corrected chi connectivity index (χ2v) is 7.95. The number of hydrogen-bond acceptors (Lipinski definition) is 3. The Labute approximate surface area is 189 Å². The molecule has 0 aromatic heterocycles. The lowest BCUT2D eigenvalue weighted by Gasteiger charge is -2.30. The number of nitrogens with one attached hydrogen (secondary N) is 1. The molecule has 3 amide bonds. The Bertz CT molecular complexity index is 920. The zero-order valence-electron chi connectivity index (χ0n) is 18.6. The monoisotopic (exact) mass is 433 g/mol. The summed E-state index contributed by atoms with van der Waals surface area (Å²) in [5.74, 6) is -0.416. The van der Waals surface area contributed by atoms with Gasteiger partial charge in [0, 0.05) is 38.2 Å². The summed E-state index contributed by atoms with van der Waals surface area (Å²) in [4.78, 5) is 41.0. The van der Waals surface area contributed by atoms with Crippen molar-refractivity contribution in [1.82, 2.24) is 15.1 Å². The number of hydrogen-bond donors (Lipinski definition) is 1. The van der Waals surface area contributed by atoms with Gasteiger partial charge < -0.3 is 15.1 Å². The molecule has 0 atom stereocenters. The molecule has 0 aliphatic carbocycles. The fourth-order valence-electron chi connectivity index (χ4n) is 3.80. The van der Waals surface area contributed by atoms with Gasteiger partial charge in [0.2, 0.25) is 17.7 Å². The molecule has 168 valence electrons. The summed E-state index contributed by atoms with van der Waals surface area (Å²) in [7, 11) is 0. The molecule has 1 fully saturated rings. The summed E-state index contributed by atoms with van der Waals surface area (Å²) < 4.78 is 0. The fourth-order valence-corrected chi connectivity index (χ4v) is 3.80. The van der Waals surface area contributed by atoms with E-state index in [1.807, 2.05) is 73.7 Å². The van der Waals surface area contributed by atoms with Crippen molar-refractivity contribution in [2.75, 3.05) is 26.2 Å².